The van der Waals surface area contributed by atoms with Crippen molar-refractivity contribution in [2.24, 2.45) is 0 Å². The maximum atomic E-state index is 8.70. The summed E-state index contributed by atoms with van der Waals surface area (Å²) in [6, 6.07) is 11.1. The topological polar surface area (TPSA) is 74.7 Å². The lowest BCUT2D eigenvalue weighted by Gasteiger charge is -2.09. The summed E-state index contributed by atoms with van der Waals surface area (Å²) in [7, 11) is 0. The van der Waals surface area contributed by atoms with Crippen molar-refractivity contribution >= 4 is 17.2 Å². The van der Waals surface area contributed by atoms with E-state index in [-0.39, 0.29) is 0 Å². The first kappa shape index (κ1) is 11.0. The van der Waals surface area contributed by atoms with Gasteiger partial charge in [-0.15, -0.1) is 0 Å². The Kier molecular flexibility index (Phi) is 2.93. The van der Waals surface area contributed by atoms with E-state index >= 15 is 0 Å². The quantitative estimate of drug-likeness (QED) is 0.822. The predicted octanol–water partition coefficient (Wildman–Crippen LogP) is 2.59. The van der Waals surface area contributed by atoms with Crippen molar-refractivity contribution in [1.82, 2.24) is 4.98 Å². The zero-order chi connectivity index (χ0) is 12.3. The van der Waals surface area contributed by atoms with Crippen LogP contribution in [0.25, 0.3) is 0 Å². The van der Waals surface area contributed by atoms with Gasteiger partial charge in [0.15, 0.2) is 5.82 Å². The summed E-state index contributed by atoms with van der Waals surface area (Å²) in [6.45, 7) is 1.93. The maximum Gasteiger partial charge on any atom is 0.153 e. The van der Waals surface area contributed by atoms with Crippen LogP contribution in [0.1, 0.15) is 11.1 Å². The van der Waals surface area contributed by atoms with Gasteiger partial charge in [0.05, 0.1) is 17.3 Å². The van der Waals surface area contributed by atoms with E-state index < -0.39 is 0 Å². The first-order chi connectivity index (χ1) is 8.20. The van der Waals surface area contributed by atoms with Crippen LogP contribution >= 0.6 is 0 Å². The molecule has 1 heterocycles. The summed E-state index contributed by atoms with van der Waals surface area (Å²) in [5.41, 5.74) is 9.01. The van der Waals surface area contributed by atoms with Crippen LogP contribution in [0.3, 0.4) is 0 Å². The highest BCUT2D eigenvalue weighted by atomic mass is 15.0. The number of pyridine rings is 1. The average Bonchev–Trinajstić information content (AvgIpc) is 2.36. The Hall–Kier alpha value is -2.54. The van der Waals surface area contributed by atoms with Crippen LogP contribution in [0.15, 0.2) is 36.5 Å². The molecule has 0 saturated carbocycles. The Morgan fingerprint density at radius 1 is 1.24 bits per heavy atom. The molecule has 2 rings (SSSR count). The van der Waals surface area contributed by atoms with E-state index in [1.54, 1.807) is 18.3 Å². The fourth-order valence-corrected chi connectivity index (χ4v) is 1.43. The summed E-state index contributed by atoms with van der Waals surface area (Å²) in [5.74, 6) is 0.634. The molecule has 4 heteroatoms. The third-order valence-corrected chi connectivity index (χ3v) is 2.48. The van der Waals surface area contributed by atoms with Gasteiger partial charge in [-0.2, -0.15) is 5.26 Å². The van der Waals surface area contributed by atoms with E-state index in [1.807, 2.05) is 25.1 Å². The maximum absolute atomic E-state index is 8.70. The van der Waals surface area contributed by atoms with Crippen LogP contribution < -0.4 is 11.1 Å². The minimum atomic E-state index is 0.626. The second-order valence-electron chi connectivity index (χ2n) is 3.70. The molecule has 17 heavy (non-hydrogen) atoms. The average molecular weight is 224 g/mol. The van der Waals surface area contributed by atoms with Gasteiger partial charge in [-0.3, -0.25) is 0 Å². The zero-order valence-corrected chi connectivity index (χ0v) is 9.44. The molecule has 1 aromatic heterocycles. The van der Waals surface area contributed by atoms with Crippen molar-refractivity contribution in [3.05, 3.63) is 47.7 Å². The van der Waals surface area contributed by atoms with Crippen LogP contribution in [0.4, 0.5) is 17.2 Å². The van der Waals surface area contributed by atoms with Gasteiger partial charge in [0.1, 0.15) is 0 Å². The predicted molar refractivity (Wildman–Crippen MR) is 67.8 cm³/mol. The molecule has 0 amide bonds. The second kappa shape index (κ2) is 4.54. The number of nitrogens with one attached hydrogen (secondary N) is 1. The molecule has 84 valence electrons. The monoisotopic (exact) mass is 224 g/mol. The molecule has 0 unspecified atom stereocenters. The number of nitrogens with two attached hydrogens (primary N) is 1. The third-order valence-electron chi connectivity index (χ3n) is 2.48. The van der Waals surface area contributed by atoms with Crippen molar-refractivity contribution in [2.45, 2.75) is 6.92 Å². The van der Waals surface area contributed by atoms with Crippen molar-refractivity contribution in [3.8, 4) is 6.07 Å². The first-order valence-electron chi connectivity index (χ1n) is 5.19. The minimum absolute atomic E-state index is 0.626. The number of anilines is 3. The summed E-state index contributed by atoms with van der Waals surface area (Å²) in [5, 5.41) is 11.8. The lowest BCUT2D eigenvalue weighted by Crippen LogP contribution is -2.00. The highest BCUT2D eigenvalue weighted by Gasteiger charge is 2.03. The number of nitrogens with zero attached hydrogens (tertiary/aromatic N) is 2. The van der Waals surface area contributed by atoms with Crippen molar-refractivity contribution in [1.29, 1.82) is 5.26 Å². The number of aromatic nitrogens is 1. The van der Waals surface area contributed by atoms with Crippen LogP contribution in [-0.4, -0.2) is 4.98 Å². The molecule has 0 bridgehead atoms. The number of nitrogen functional groups attached to an aromatic ring is 1. The molecule has 0 aliphatic heterocycles. The molecule has 0 spiro atoms. The van der Waals surface area contributed by atoms with E-state index in [2.05, 4.69) is 16.4 Å². The molecule has 0 aliphatic rings. The Morgan fingerprint density at radius 2 is 1.94 bits per heavy atom. The molecule has 3 N–H and O–H groups in total. The Balaban J connectivity index is 2.26. The molecule has 0 fully saturated rings. The lowest BCUT2D eigenvalue weighted by molar-refractivity contribution is 1.28. The molecule has 0 atom stereocenters. The van der Waals surface area contributed by atoms with Gasteiger partial charge in [-0.25, -0.2) is 4.98 Å². The van der Waals surface area contributed by atoms with Crippen molar-refractivity contribution < 1.29 is 0 Å². The summed E-state index contributed by atoms with van der Waals surface area (Å²) in [4.78, 5) is 4.18. The standard InChI is InChI=1S/C13H12N4/c1-9-6-7-16-13(12(9)15)17-11-4-2-10(8-14)3-5-11/h2-7H,15H2,1H3,(H,16,17). The Labute approximate surface area is 99.7 Å². The number of nitriles is 1. The first-order valence-corrected chi connectivity index (χ1v) is 5.19. The van der Waals surface area contributed by atoms with Crippen LogP contribution in [0, 0.1) is 18.3 Å². The number of benzene rings is 1. The number of aryl methyl sites for hydroxylation is 1. The third kappa shape index (κ3) is 2.34. The van der Waals surface area contributed by atoms with Crippen molar-refractivity contribution in [2.75, 3.05) is 11.1 Å². The Bertz CT molecular complexity index is 567. The Morgan fingerprint density at radius 3 is 2.59 bits per heavy atom. The molecule has 1 aromatic carbocycles. The number of hydrogen-bond donors (Lipinski definition) is 2. The molecule has 0 radical (unpaired) electrons. The van der Waals surface area contributed by atoms with Gasteiger partial charge in [0, 0.05) is 11.9 Å². The smallest absolute Gasteiger partial charge is 0.153 e. The summed E-state index contributed by atoms with van der Waals surface area (Å²) < 4.78 is 0. The minimum Gasteiger partial charge on any atom is -0.396 e. The normalized spacial score (nSPS) is 9.65. The highest BCUT2D eigenvalue weighted by Crippen LogP contribution is 2.23. The van der Waals surface area contributed by atoms with E-state index in [1.165, 1.54) is 0 Å². The van der Waals surface area contributed by atoms with E-state index in [0.29, 0.717) is 17.1 Å². The molecule has 2 aromatic rings. The van der Waals surface area contributed by atoms with E-state index in [4.69, 9.17) is 11.0 Å². The van der Waals surface area contributed by atoms with Crippen LogP contribution in [-0.2, 0) is 0 Å². The summed E-state index contributed by atoms with van der Waals surface area (Å²) in [6.07, 6.45) is 1.71. The van der Waals surface area contributed by atoms with Gasteiger partial charge in [-0.1, -0.05) is 0 Å². The highest BCUT2D eigenvalue weighted by molar-refractivity contribution is 5.71. The van der Waals surface area contributed by atoms with Gasteiger partial charge in [0.2, 0.25) is 0 Å². The van der Waals surface area contributed by atoms with Gasteiger partial charge < -0.3 is 11.1 Å². The second-order valence-corrected chi connectivity index (χ2v) is 3.70. The fraction of sp³-hybridized carbons (Fsp3) is 0.0769. The molecule has 0 saturated heterocycles. The largest absolute Gasteiger partial charge is 0.396 e. The molecule has 0 aliphatic carbocycles. The SMILES string of the molecule is Cc1ccnc(Nc2ccc(C#N)cc2)c1N. The van der Waals surface area contributed by atoms with Crippen molar-refractivity contribution in [3.63, 3.8) is 0 Å². The number of rotatable bonds is 2. The zero-order valence-electron chi connectivity index (χ0n) is 9.44. The lowest BCUT2D eigenvalue weighted by atomic mass is 10.2. The number of hydrogen-bond acceptors (Lipinski definition) is 4. The molecular formula is C13H12N4. The van der Waals surface area contributed by atoms with E-state index in [9.17, 15) is 0 Å². The fourth-order valence-electron chi connectivity index (χ4n) is 1.43. The van der Waals surface area contributed by atoms with Crippen LogP contribution in [0.2, 0.25) is 0 Å². The van der Waals surface area contributed by atoms with Gasteiger partial charge in [0.25, 0.3) is 0 Å². The van der Waals surface area contributed by atoms with Gasteiger partial charge >= 0.3 is 0 Å². The van der Waals surface area contributed by atoms with Gasteiger partial charge in [-0.05, 0) is 42.8 Å². The van der Waals surface area contributed by atoms with E-state index in [0.717, 1.165) is 11.3 Å². The van der Waals surface area contributed by atoms with Crippen LogP contribution in [0.5, 0.6) is 0 Å². The molecule has 4 nitrogen and oxygen atoms in total. The summed E-state index contributed by atoms with van der Waals surface area (Å²) >= 11 is 0. The molecular weight excluding hydrogens is 212 g/mol.